The summed E-state index contributed by atoms with van der Waals surface area (Å²) in [5.74, 6) is 0.495. The quantitative estimate of drug-likeness (QED) is 0.659. The molecule has 86 valence electrons. The van der Waals surface area contributed by atoms with E-state index >= 15 is 0 Å². The van der Waals surface area contributed by atoms with Crippen molar-refractivity contribution in [3.8, 4) is 0 Å². The van der Waals surface area contributed by atoms with Crippen LogP contribution in [-0.2, 0) is 9.16 Å². The molecule has 0 fully saturated rings. The minimum absolute atomic E-state index is 0.305. The SMILES string of the molecule is COCC(C)CO[Si](C)(C)C(C)(C)C. The van der Waals surface area contributed by atoms with Gasteiger partial charge >= 0.3 is 0 Å². The second-order valence-corrected chi connectivity index (χ2v) is 10.4. The van der Waals surface area contributed by atoms with Crippen molar-refractivity contribution < 1.29 is 9.16 Å². The predicted molar refractivity (Wildman–Crippen MR) is 64.2 cm³/mol. The molecule has 0 aromatic carbocycles. The third-order valence-electron chi connectivity index (χ3n) is 2.99. The maximum atomic E-state index is 6.07. The normalized spacial score (nSPS) is 15.6. The third kappa shape index (κ3) is 4.58. The number of methoxy groups -OCH3 is 1. The molecule has 0 aliphatic heterocycles. The Balaban J connectivity index is 3.99. The topological polar surface area (TPSA) is 18.5 Å². The van der Waals surface area contributed by atoms with E-state index in [-0.39, 0.29) is 0 Å². The summed E-state index contributed by atoms with van der Waals surface area (Å²) in [4.78, 5) is 0. The van der Waals surface area contributed by atoms with Gasteiger partial charge in [0, 0.05) is 19.6 Å². The van der Waals surface area contributed by atoms with Crippen LogP contribution in [0, 0.1) is 5.92 Å². The summed E-state index contributed by atoms with van der Waals surface area (Å²) in [5.41, 5.74) is 0. The van der Waals surface area contributed by atoms with Gasteiger partial charge in [0.05, 0.1) is 6.61 Å². The van der Waals surface area contributed by atoms with Crippen LogP contribution in [0.15, 0.2) is 0 Å². The van der Waals surface area contributed by atoms with Gasteiger partial charge in [-0.3, -0.25) is 0 Å². The summed E-state index contributed by atoms with van der Waals surface area (Å²) >= 11 is 0. The lowest BCUT2D eigenvalue weighted by Crippen LogP contribution is -2.42. The molecule has 2 nitrogen and oxygen atoms in total. The van der Waals surface area contributed by atoms with Gasteiger partial charge in [0.2, 0.25) is 0 Å². The van der Waals surface area contributed by atoms with E-state index in [9.17, 15) is 0 Å². The van der Waals surface area contributed by atoms with Crippen molar-refractivity contribution in [3.05, 3.63) is 0 Å². The highest BCUT2D eigenvalue weighted by molar-refractivity contribution is 6.74. The van der Waals surface area contributed by atoms with E-state index in [0.717, 1.165) is 13.2 Å². The summed E-state index contributed by atoms with van der Waals surface area (Å²) in [6.07, 6.45) is 0. The molecule has 0 aromatic rings. The van der Waals surface area contributed by atoms with Crippen LogP contribution in [0.5, 0.6) is 0 Å². The van der Waals surface area contributed by atoms with E-state index in [0.29, 0.717) is 11.0 Å². The maximum Gasteiger partial charge on any atom is 0.191 e. The lowest BCUT2D eigenvalue weighted by molar-refractivity contribution is 0.122. The van der Waals surface area contributed by atoms with E-state index < -0.39 is 8.32 Å². The second kappa shape index (κ2) is 5.28. The van der Waals surface area contributed by atoms with Gasteiger partial charge in [-0.1, -0.05) is 27.7 Å². The second-order valence-electron chi connectivity index (χ2n) is 5.63. The van der Waals surface area contributed by atoms with Crippen molar-refractivity contribution in [3.63, 3.8) is 0 Å². The summed E-state index contributed by atoms with van der Waals surface area (Å²) in [6.45, 7) is 15.1. The molecule has 0 N–H and O–H groups in total. The molecule has 0 saturated heterocycles. The molecule has 0 aliphatic carbocycles. The Bertz CT molecular complexity index is 161. The molecule has 3 heteroatoms. The molecule has 1 unspecified atom stereocenters. The van der Waals surface area contributed by atoms with E-state index in [1.54, 1.807) is 7.11 Å². The molecular formula is C11H26O2Si. The van der Waals surface area contributed by atoms with Crippen molar-refractivity contribution in [1.82, 2.24) is 0 Å². The first-order valence-electron chi connectivity index (χ1n) is 5.33. The average Bonchev–Trinajstić information content (AvgIpc) is 1.99. The van der Waals surface area contributed by atoms with Gasteiger partial charge in [0.1, 0.15) is 0 Å². The van der Waals surface area contributed by atoms with Crippen molar-refractivity contribution in [2.75, 3.05) is 20.3 Å². The van der Waals surface area contributed by atoms with Crippen LogP contribution in [0.2, 0.25) is 18.1 Å². The molecule has 1 atom stereocenters. The molecule has 0 saturated carbocycles. The van der Waals surface area contributed by atoms with Crippen molar-refractivity contribution in [2.45, 2.75) is 45.8 Å². The van der Waals surface area contributed by atoms with Crippen molar-refractivity contribution in [2.24, 2.45) is 5.92 Å². The van der Waals surface area contributed by atoms with E-state index in [4.69, 9.17) is 9.16 Å². The molecule has 0 amide bonds. The zero-order chi connectivity index (χ0) is 11.4. The molecule has 0 heterocycles. The van der Waals surface area contributed by atoms with Gasteiger partial charge in [-0.25, -0.2) is 0 Å². The zero-order valence-corrected chi connectivity index (χ0v) is 11.8. The van der Waals surface area contributed by atoms with Crippen LogP contribution < -0.4 is 0 Å². The Morgan fingerprint density at radius 2 is 1.64 bits per heavy atom. The molecule has 0 aliphatic rings. The van der Waals surface area contributed by atoms with Gasteiger partial charge in [-0.15, -0.1) is 0 Å². The fraction of sp³-hybridized carbons (Fsp3) is 1.00. The molecule has 0 aromatic heterocycles. The highest BCUT2D eigenvalue weighted by atomic mass is 28.4. The van der Waals surface area contributed by atoms with E-state index in [1.165, 1.54) is 0 Å². The summed E-state index contributed by atoms with van der Waals surface area (Å²) in [5, 5.41) is 0.305. The lowest BCUT2D eigenvalue weighted by Gasteiger charge is -2.36. The largest absolute Gasteiger partial charge is 0.416 e. The Morgan fingerprint density at radius 1 is 1.14 bits per heavy atom. The lowest BCUT2D eigenvalue weighted by atomic mass is 10.2. The van der Waals surface area contributed by atoms with Crippen LogP contribution >= 0.6 is 0 Å². The van der Waals surface area contributed by atoms with Crippen molar-refractivity contribution >= 4 is 8.32 Å². The standard InChI is InChI=1S/C11H26O2Si/c1-10(8-12-5)9-13-14(6,7)11(2,3)4/h10H,8-9H2,1-7H3. The molecule has 0 rings (SSSR count). The zero-order valence-electron chi connectivity index (χ0n) is 10.8. The Labute approximate surface area is 90.1 Å². The van der Waals surface area contributed by atoms with Crippen LogP contribution in [0.3, 0.4) is 0 Å². The van der Waals surface area contributed by atoms with E-state index in [2.05, 4.69) is 40.8 Å². The fourth-order valence-corrected chi connectivity index (χ4v) is 2.03. The van der Waals surface area contributed by atoms with Crippen LogP contribution in [0.25, 0.3) is 0 Å². The minimum atomic E-state index is -1.55. The molecule has 0 spiro atoms. The maximum absolute atomic E-state index is 6.07. The fourth-order valence-electron chi connectivity index (χ4n) is 0.900. The molecule has 14 heavy (non-hydrogen) atoms. The van der Waals surface area contributed by atoms with E-state index in [1.807, 2.05) is 0 Å². The monoisotopic (exact) mass is 218 g/mol. The van der Waals surface area contributed by atoms with Crippen LogP contribution in [0.4, 0.5) is 0 Å². The van der Waals surface area contributed by atoms with Gasteiger partial charge in [-0.05, 0) is 18.1 Å². The van der Waals surface area contributed by atoms with Gasteiger partial charge in [0.15, 0.2) is 8.32 Å². The Morgan fingerprint density at radius 3 is 2.00 bits per heavy atom. The predicted octanol–water partition coefficient (Wildman–Crippen LogP) is 3.29. The summed E-state index contributed by atoms with van der Waals surface area (Å²) < 4.78 is 11.2. The van der Waals surface area contributed by atoms with Crippen molar-refractivity contribution in [1.29, 1.82) is 0 Å². The highest BCUT2D eigenvalue weighted by Gasteiger charge is 2.37. The first-order chi connectivity index (χ1) is 6.20. The molecular weight excluding hydrogens is 192 g/mol. The number of hydrogen-bond acceptors (Lipinski definition) is 2. The number of rotatable bonds is 5. The molecule has 0 radical (unpaired) electrons. The first kappa shape index (κ1) is 14.1. The highest BCUT2D eigenvalue weighted by Crippen LogP contribution is 2.36. The summed E-state index contributed by atoms with van der Waals surface area (Å²) in [7, 11) is 0.187. The minimum Gasteiger partial charge on any atom is -0.416 e. The average molecular weight is 218 g/mol. The summed E-state index contributed by atoms with van der Waals surface area (Å²) in [6, 6.07) is 0. The van der Waals surface area contributed by atoms with Crippen LogP contribution in [0.1, 0.15) is 27.7 Å². The van der Waals surface area contributed by atoms with Gasteiger partial charge < -0.3 is 9.16 Å². The Hall–Kier alpha value is 0.137. The Kier molecular flexibility index (Phi) is 5.34. The first-order valence-corrected chi connectivity index (χ1v) is 8.24. The number of hydrogen-bond donors (Lipinski definition) is 0. The van der Waals surface area contributed by atoms with Crippen LogP contribution in [-0.4, -0.2) is 28.6 Å². The third-order valence-corrected chi connectivity index (χ3v) is 7.49. The molecule has 0 bridgehead atoms. The number of ether oxygens (including phenoxy) is 1. The smallest absolute Gasteiger partial charge is 0.191 e. The van der Waals surface area contributed by atoms with Gasteiger partial charge in [-0.2, -0.15) is 0 Å². The van der Waals surface area contributed by atoms with Gasteiger partial charge in [0.25, 0.3) is 0 Å².